The number of carbonyl (C=O) groups excluding carboxylic acids is 1. The van der Waals surface area contributed by atoms with Crippen LogP contribution in [-0.4, -0.2) is 18.7 Å². The first-order valence-corrected chi connectivity index (χ1v) is 2.98. The lowest BCUT2D eigenvalue weighted by atomic mass is 10.3. The van der Waals surface area contributed by atoms with Gasteiger partial charge in [-0.15, -0.1) is 5.11 Å². The quantitative estimate of drug-likeness (QED) is 0.434. The van der Waals surface area contributed by atoms with Crippen molar-refractivity contribution >= 4 is 5.97 Å². The Bertz CT molecular complexity index is 152. The molecule has 0 bridgehead atoms. The summed E-state index contributed by atoms with van der Waals surface area (Å²) in [4.78, 5) is 10.4. The SMILES string of the molecule is CN=NC(C)(C)OC(C)=O. The molecule has 0 aromatic carbocycles. The molecule has 0 aliphatic heterocycles. The highest BCUT2D eigenvalue weighted by atomic mass is 16.6. The van der Waals surface area contributed by atoms with Crippen molar-refractivity contribution in [2.45, 2.75) is 26.5 Å². The molecule has 58 valence electrons. The second-order valence-electron chi connectivity index (χ2n) is 2.34. The highest BCUT2D eigenvalue weighted by Gasteiger charge is 2.18. The number of hydrogen-bond acceptors (Lipinski definition) is 4. The number of esters is 1. The van der Waals surface area contributed by atoms with Gasteiger partial charge in [-0.05, 0) is 13.8 Å². The standard InChI is InChI=1S/C6H12N2O2/c1-5(9)10-6(2,3)8-7-4/h1-4H3. The van der Waals surface area contributed by atoms with Crippen LogP contribution < -0.4 is 0 Å². The van der Waals surface area contributed by atoms with E-state index in [0.29, 0.717) is 0 Å². The number of ether oxygens (including phenoxy) is 1. The third-order valence-electron chi connectivity index (χ3n) is 0.734. The number of azo groups is 1. The third-order valence-corrected chi connectivity index (χ3v) is 0.734. The lowest BCUT2D eigenvalue weighted by Crippen LogP contribution is -2.23. The molecule has 0 rings (SSSR count). The van der Waals surface area contributed by atoms with Crippen molar-refractivity contribution in [2.24, 2.45) is 10.2 Å². The van der Waals surface area contributed by atoms with Gasteiger partial charge in [0.25, 0.3) is 0 Å². The number of rotatable bonds is 2. The summed E-state index contributed by atoms with van der Waals surface area (Å²) in [5.74, 6) is -0.350. The van der Waals surface area contributed by atoms with E-state index >= 15 is 0 Å². The van der Waals surface area contributed by atoms with Gasteiger partial charge in [-0.2, -0.15) is 5.11 Å². The topological polar surface area (TPSA) is 51.0 Å². The summed E-state index contributed by atoms with van der Waals surface area (Å²) in [5.41, 5.74) is -0.819. The van der Waals surface area contributed by atoms with Gasteiger partial charge in [0.2, 0.25) is 5.72 Å². The van der Waals surface area contributed by atoms with Crippen molar-refractivity contribution < 1.29 is 9.53 Å². The Kier molecular flexibility index (Phi) is 2.99. The molecule has 0 atom stereocenters. The predicted octanol–water partition coefficient (Wildman–Crippen LogP) is 1.37. The molecule has 0 amide bonds. The summed E-state index contributed by atoms with van der Waals surface area (Å²) in [6.07, 6.45) is 0. The van der Waals surface area contributed by atoms with E-state index in [4.69, 9.17) is 4.74 Å². The summed E-state index contributed by atoms with van der Waals surface area (Å²) in [7, 11) is 1.53. The van der Waals surface area contributed by atoms with Gasteiger partial charge in [-0.3, -0.25) is 4.79 Å². The fraction of sp³-hybridized carbons (Fsp3) is 0.833. The zero-order valence-corrected chi connectivity index (χ0v) is 6.71. The van der Waals surface area contributed by atoms with Crippen molar-refractivity contribution in [3.8, 4) is 0 Å². The first-order valence-electron chi connectivity index (χ1n) is 2.98. The Balaban J connectivity index is 3.99. The van der Waals surface area contributed by atoms with Gasteiger partial charge in [0.15, 0.2) is 0 Å². The van der Waals surface area contributed by atoms with E-state index in [1.54, 1.807) is 13.8 Å². The minimum atomic E-state index is -0.819. The smallest absolute Gasteiger partial charge is 0.304 e. The molecule has 0 aliphatic rings. The molecule has 0 unspecified atom stereocenters. The Morgan fingerprint density at radius 2 is 2.00 bits per heavy atom. The van der Waals surface area contributed by atoms with Crippen LogP contribution >= 0.6 is 0 Å². The summed E-state index contributed by atoms with van der Waals surface area (Å²) >= 11 is 0. The van der Waals surface area contributed by atoms with Gasteiger partial charge < -0.3 is 4.74 Å². The molecule has 0 radical (unpaired) electrons. The highest BCUT2D eigenvalue weighted by molar-refractivity contribution is 5.66. The van der Waals surface area contributed by atoms with Crippen molar-refractivity contribution in [1.29, 1.82) is 0 Å². The van der Waals surface area contributed by atoms with Crippen LogP contribution in [0.15, 0.2) is 10.2 Å². The van der Waals surface area contributed by atoms with Gasteiger partial charge >= 0.3 is 5.97 Å². The number of carbonyl (C=O) groups is 1. The van der Waals surface area contributed by atoms with Crippen LogP contribution in [0.5, 0.6) is 0 Å². The van der Waals surface area contributed by atoms with Crippen LogP contribution in [0.4, 0.5) is 0 Å². The van der Waals surface area contributed by atoms with Gasteiger partial charge in [0.1, 0.15) is 0 Å². The predicted molar refractivity (Wildman–Crippen MR) is 36.6 cm³/mol. The fourth-order valence-corrected chi connectivity index (χ4v) is 0.613. The Labute approximate surface area is 60.3 Å². The second-order valence-corrected chi connectivity index (χ2v) is 2.34. The first kappa shape index (κ1) is 9.07. The van der Waals surface area contributed by atoms with Crippen molar-refractivity contribution in [3.05, 3.63) is 0 Å². The molecule has 0 fully saturated rings. The molecule has 0 aromatic rings. The molecule has 4 nitrogen and oxygen atoms in total. The average molecular weight is 144 g/mol. The van der Waals surface area contributed by atoms with Crippen molar-refractivity contribution in [1.82, 2.24) is 0 Å². The normalized spacial score (nSPS) is 12.0. The van der Waals surface area contributed by atoms with Crippen LogP contribution in [-0.2, 0) is 9.53 Å². The summed E-state index contributed by atoms with van der Waals surface area (Å²) in [6.45, 7) is 4.68. The minimum absolute atomic E-state index is 0.350. The molecule has 4 heteroatoms. The summed E-state index contributed by atoms with van der Waals surface area (Å²) in [6, 6.07) is 0. The molecule has 0 aromatic heterocycles. The van der Waals surface area contributed by atoms with Crippen LogP contribution in [0.2, 0.25) is 0 Å². The van der Waals surface area contributed by atoms with E-state index < -0.39 is 5.72 Å². The minimum Gasteiger partial charge on any atom is -0.436 e. The Morgan fingerprint density at radius 3 is 2.30 bits per heavy atom. The molecule has 0 saturated heterocycles. The van der Waals surface area contributed by atoms with Crippen molar-refractivity contribution in [3.63, 3.8) is 0 Å². The lowest BCUT2D eigenvalue weighted by molar-refractivity contribution is -0.153. The summed E-state index contributed by atoms with van der Waals surface area (Å²) < 4.78 is 4.78. The molecule has 0 saturated carbocycles. The first-order chi connectivity index (χ1) is 4.48. The van der Waals surface area contributed by atoms with Crippen LogP contribution in [0, 0.1) is 0 Å². The van der Waals surface area contributed by atoms with E-state index in [-0.39, 0.29) is 5.97 Å². The van der Waals surface area contributed by atoms with E-state index in [0.717, 1.165) is 0 Å². The van der Waals surface area contributed by atoms with Crippen molar-refractivity contribution in [2.75, 3.05) is 7.05 Å². The molecule has 0 heterocycles. The van der Waals surface area contributed by atoms with E-state index in [1.807, 2.05) is 0 Å². The summed E-state index contributed by atoms with van der Waals surface area (Å²) in [5, 5.41) is 7.19. The van der Waals surface area contributed by atoms with Gasteiger partial charge in [0.05, 0.1) is 0 Å². The molecule has 0 spiro atoms. The maximum absolute atomic E-state index is 10.4. The monoisotopic (exact) mass is 144 g/mol. The molecular weight excluding hydrogens is 132 g/mol. The average Bonchev–Trinajstić information content (AvgIpc) is 1.59. The molecular formula is C6H12N2O2. The van der Waals surface area contributed by atoms with E-state index in [2.05, 4.69) is 10.2 Å². The Morgan fingerprint density at radius 1 is 1.50 bits per heavy atom. The van der Waals surface area contributed by atoms with Crippen LogP contribution in [0.3, 0.4) is 0 Å². The molecule has 10 heavy (non-hydrogen) atoms. The zero-order chi connectivity index (χ0) is 8.20. The number of nitrogens with zero attached hydrogens (tertiary/aromatic N) is 2. The van der Waals surface area contributed by atoms with E-state index in [1.165, 1.54) is 14.0 Å². The van der Waals surface area contributed by atoms with Gasteiger partial charge in [-0.25, -0.2) is 0 Å². The van der Waals surface area contributed by atoms with Gasteiger partial charge in [-0.1, -0.05) is 0 Å². The molecule has 0 N–H and O–H groups in total. The lowest BCUT2D eigenvalue weighted by Gasteiger charge is -2.16. The Hall–Kier alpha value is -0.930. The second kappa shape index (κ2) is 3.29. The fourth-order valence-electron chi connectivity index (χ4n) is 0.613. The highest BCUT2D eigenvalue weighted by Crippen LogP contribution is 2.10. The molecule has 0 aliphatic carbocycles. The van der Waals surface area contributed by atoms with Crippen LogP contribution in [0.1, 0.15) is 20.8 Å². The largest absolute Gasteiger partial charge is 0.436 e. The van der Waals surface area contributed by atoms with Gasteiger partial charge in [0, 0.05) is 14.0 Å². The van der Waals surface area contributed by atoms with E-state index in [9.17, 15) is 4.79 Å². The maximum atomic E-state index is 10.4. The number of hydrogen-bond donors (Lipinski definition) is 0. The zero-order valence-electron chi connectivity index (χ0n) is 6.71. The third kappa shape index (κ3) is 4.00. The maximum Gasteiger partial charge on any atom is 0.304 e. The van der Waals surface area contributed by atoms with Crippen LogP contribution in [0.25, 0.3) is 0 Å².